The maximum absolute atomic E-state index is 13.4. The van der Waals surface area contributed by atoms with Crippen molar-refractivity contribution in [2.45, 2.75) is 11.8 Å². The number of hydrogen-bond donors (Lipinski definition) is 0. The second-order valence-corrected chi connectivity index (χ2v) is 4.99. The van der Waals surface area contributed by atoms with Crippen LogP contribution in [0.1, 0.15) is 16.5 Å². The van der Waals surface area contributed by atoms with Crippen molar-refractivity contribution in [3.63, 3.8) is 0 Å². The van der Waals surface area contributed by atoms with Crippen LogP contribution in [0.3, 0.4) is 0 Å². The highest BCUT2D eigenvalue weighted by atomic mass is 79.9. The largest absolute Gasteiger partial charge is 0.265 e. The first-order valence-electron chi connectivity index (χ1n) is 5.15. The molecule has 0 bridgehead atoms. The van der Waals surface area contributed by atoms with Gasteiger partial charge in [-0.05, 0) is 51.7 Å². The highest BCUT2D eigenvalue weighted by Gasteiger charge is 2.14. The van der Waals surface area contributed by atoms with Crippen LogP contribution in [-0.2, 0) is 6.42 Å². The third kappa shape index (κ3) is 3.05. The zero-order chi connectivity index (χ0) is 12.3. The van der Waals surface area contributed by atoms with Crippen molar-refractivity contribution in [1.29, 1.82) is 0 Å². The average molecular weight is 315 g/mol. The Kier molecular flexibility index (Phi) is 4.13. The van der Waals surface area contributed by atoms with E-state index in [9.17, 15) is 4.39 Å². The fraction of sp³-hybridized carbons (Fsp3) is 0.154. The molecule has 4 heteroatoms. The maximum Gasteiger partial charge on any atom is 0.137 e. The predicted molar refractivity (Wildman–Crippen MR) is 70.6 cm³/mol. The van der Waals surface area contributed by atoms with Crippen LogP contribution in [0.2, 0.25) is 0 Å². The molecule has 1 nitrogen and oxygen atoms in total. The van der Waals surface area contributed by atoms with Crippen molar-refractivity contribution in [2.75, 3.05) is 0 Å². The first-order valence-corrected chi connectivity index (χ1v) is 6.38. The summed E-state index contributed by atoms with van der Waals surface area (Å²) >= 11 is 9.52. The number of benzene rings is 1. The fourth-order valence-corrected chi connectivity index (χ4v) is 2.63. The molecule has 1 atom stereocenters. The normalized spacial score (nSPS) is 12.4. The summed E-state index contributed by atoms with van der Waals surface area (Å²) in [5.74, 6) is -0.289. The summed E-state index contributed by atoms with van der Waals surface area (Å²) in [5.41, 5.74) is 1.85. The molecule has 1 aromatic heterocycles. The van der Waals surface area contributed by atoms with Gasteiger partial charge < -0.3 is 0 Å². The Bertz CT molecular complexity index is 504. The van der Waals surface area contributed by atoms with Crippen LogP contribution in [-0.4, -0.2) is 4.98 Å². The molecule has 0 fully saturated rings. The second-order valence-electron chi connectivity index (χ2n) is 3.67. The van der Waals surface area contributed by atoms with Gasteiger partial charge in [0.05, 0.1) is 9.85 Å². The zero-order valence-electron chi connectivity index (χ0n) is 8.91. The lowest BCUT2D eigenvalue weighted by molar-refractivity contribution is 0.617. The van der Waals surface area contributed by atoms with Crippen LogP contribution in [0.5, 0.6) is 0 Å². The van der Waals surface area contributed by atoms with E-state index >= 15 is 0 Å². The molecule has 0 saturated carbocycles. The fourth-order valence-electron chi connectivity index (χ4n) is 1.60. The maximum atomic E-state index is 13.4. The van der Waals surface area contributed by atoms with Crippen molar-refractivity contribution < 1.29 is 4.39 Å². The quantitative estimate of drug-likeness (QED) is 0.760. The highest BCUT2D eigenvalue weighted by Crippen LogP contribution is 2.32. The summed E-state index contributed by atoms with van der Waals surface area (Å²) in [7, 11) is 0. The molecule has 0 amide bonds. The van der Waals surface area contributed by atoms with Gasteiger partial charge in [0.15, 0.2) is 0 Å². The lowest BCUT2D eigenvalue weighted by atomic mass is 10.0. The number of pyridine rings is 1. The minimum atomic E-state index is -0.289. The summed E-state index contributed by atoms with van der Waals surface area (Å²) in [5, 5.41) is -0.262. The van der Waals surface area contributed by atoms with Gasteiger partial charge in [0, 0.05) is 12.4 Å². The van der Waals surface area contributed by atoms with Crippen molar-refractivity contribution in [1.82, 2.24) is 4.98 Å². The third-order valence-corrected chi connectivity index (χ3v) is 3.71. The number of hydrogen-bond acceptors (Lipinski definition) is 1. The SMILES string of the molecule is Fc1cccc(C(Cl)Cc2ccncc2)c1Br. The first kappa shape index (κ1) is 12.5. The van der Waals surface area contributed by atoms with Crippen molar-refractivity contribution in [3.05, 3.63) is 64.1 Å². The van der Waals surface area contributed by atoms with Crippen LogP contribution in [0.25, 0.3) is 0 Å². The lowest BCUT2D eigenvalue weighted by Crippen LogP contribution is -1.98. The Morgan fingerprint density at radius 1 is 1.24 bits per heavy atom. The van der Waals surface area contributed by atoms with Crippen molar-refractivity contribution in [2.24, 2.45) is 0 Å². The van der Waals surface area contributed by atoms with E-state index in [1.165, 1.54) is 6.07 Å². The minimum Gasteiger partial charge on any atom is -0.265 e. The van der Waals surface area contributed by atoms with Gasteiger partial charge in [-0.2, -0.15) is 0 Å². The van der Waals surface area contributed by atoms with E-state index in [1.807, 2.05) is 18.2 Å². The molecular formula is C13H10BrClFN. The van der Waals surface area contributed by atoms with Gasteiger partial charge in [0.1, 0.15) is 5.82 Å². The van der Waals surface area contributed by atoms with Crippen LogP contribution in [0, 0.1) is 5.82 Å². The molecule has 0 saturated heterocycles. The topological polar surface area (TPSA) is 12.9 Å². The predicted octanol–water partition coefficient (Wildman–Crippen LogP) is 4.51. The lowest BCUT2D eigenvalue weighted by Gasteiger charge is -2.12. The molecule has 17 heavy (non-hydrogen) atoms. The van der Waals surface area contributed by atoms with Gasteiger partial charge in [-0.1, -0.05) is 12.1 Å². The van der Waals surface area contributed by atoms with Gasteiger partial charge in [0.25, 0.3) is 0 Å². The summed E-state index contributed by atoms with van der Waals surface area (Å²) in [6.07, 6.45) is 4.09. The van der Waals surface area contributed by atoms with E-state index in [0.29, 0.717) is 10.9 Å². The standard InChI is InChI=1S/C13H10BrClFN/c14-13-10(2-1-3-12(13)16)11(15)8-9-4-6-17-7-5-9/h1-7,11H,8H2. The van der Waals surface area contributed by atoms with Crippen LogP contribution < -0.4 is 0 Å². The van der Waals surface area contributed by atoms with E-state index in [0.717, 1.165) is 11.1 Å². The first-order chi connectivity index (χ1) is 8.18. The van der Waals surface area contributed by atoms with Gasteiger partial charge in [-0.15, -0.1) is 11.6 Å². The second kappa shape index (κ2) is 5.61. The van der Waals surface area contributed by atoms with E-state index in [2.05, 4.69) is 20.9 Å². The van der Waals surface area contributed by atoms with Crippen LogP contribution >= 0.6 is 27.5 Å². The number of aromatic nitrogens is 1. The molecule has 0 aliphatic carbocycles. The number of alkyl halides is 1. The van der Waals surface area contributed by atoms with E-state index < -0.39 is 0 Å². The molecule has 88 valence electrons. The molecular weight excluding hydrogens is 305 g/mol. The number of rotatable bonds is 3. The molecule has 2 rings (SSSR count). The zero-order valence-corrected chi connectivity index (χ0v) is 11.2. The van der Waals surface area contributed by atoms with E-state index in [-0.39, 0.29) is 11.2 Å². The van der Waals surface area contributed by atoms with Gasteiger partial charge in [0.2, 0.25) is 0 Å². The van der Waals surface area contributed by atoms with Gasteiger partial charge >= 0.3 is 0 Å². The van der Waals surface area contributed by atoms with E-state index in [4.69, 9.17) is 11.6 Å². The molecule has 0 spiro atoms. The smallest absolute Gasteiger partial charge is 0.137 e. The Hall–Kier alpha value is -0.930. The number of halogens is 3. The van der Waals surface area contributed by atoms with E-state index in [1.54, 1.807) is 18.5 Å². The third-order valence-electron chi connectivity index (χ3n) is 2.48. The van der Waals surface area contributed by atoms with Crippen molar-refractivity contribution >= 4 is 27.5 Å². The average Bonchev–Trinajstić information content (AvgIpc) is 2.34. The van der Waals surface area contributed by atoms with Gasteiger partial charge in [-0.3, -0.25) is 4.98 Å². The minimum absolute atomic E-state index is 0.262. The van der Waals surface area contributed by atoms with Crippen LogP contribution in [0.4, 0.5) is 4.39 Å². The molecule has 0 N–H and O–H groups in total. The molecule has 0 aliphatic heterocycles. The summed E-state index contributed by atoms with van der Waals surface area (Å²) in [4.78, 5) is 3.94. The summed E-state index contributed by atoms with van der Waals surface area (Å²) in [6.45, 7) is 0. The molecule has 1 aromatic carbocycles. The monoisotopic (exact) mass is 313 g/mol. The number of nitrogens with zero attached hydrogens (tertiary/aromatic N) is 1. The Morgan fingerprint density at radius 2 is 1.94 bits per heavy atom. The Morgan fingerprint density at radius 3 is 2.65 bits per heavy atom. The molecule has 0 radical (unpaired) electrons. The molecule has 2 aromatic rings. The van der Waals surface area contributed by atoms with Crippen LogP contribution in [0.15, 0.2) is 47.2 Å². The molecule has 1 heterocycles. The molecule has 0 aliphatic rings. The molecule has 1 unspecified atom stereocenters. The Balaban J connectivity index is 2.20. The summed E-state index contributed by atoms with van der Waals surface area (Å²) < 4.78 is 13.8. The van der Waals surface area contributed by atoms with Crippen molar-refractivity contribution in [3.8, 4) is 0 Å². The highest BCUT2D eigenvalue weighted by molar-refractivity contribution is 9.10. The Labute approximate surface area is 113 Å². The van der Waals surface area contributed by atoms with Gasteiger partial charge in [-0.25, -0.2) is 4.39 Å². The summed E-state index contributed by atoms with van der Waals surface area (Å²) in [6, 6.07) is 8.71.